The van der Waals surface area contributed by atoms with Crippen molar-refractivity contribution in [1.29, 1.82) is 0 Å². The van der Waals surface area contributed by atoms with Gasteiger partial charge in [-0.25, -0.2) is 4.79 Å². The third-order valence-corrected chi connectivity index (χ3v) is 2.35. The molecule has 0 aliphatic rings. The molecule has 0 fully saturated rings. The summed E-state index contributed by atoms with van der Waals surface area (Å²) in [6, 6.07) is 2.00. The topological polar surface area (TPSA) is 82.8 Å². The largest absolute Gasteiger partial charge is 0.465 e. The van der Waals surface area contributed by atoms with Crippen LogP contribution in [0, 0.1) is 0 Å². The normalized spacial score (nSPS) is 11.4. The van der Waals surface area contributed by atoms with E-state index in [2.05, 4.69) is 20.4 Å². The van der Waals surface area contributed by atoms with Crippen LogP contribution in [-0.4, -0.2) is 37.8 Å². The molecule has 0 aliphatic heterocycles. The Kier molecular flexibility index (Phi) is 4.15. The molecule has 2 aromatic heterocycles. The highest BCUT2D eigenvalue weighted by molar-refractivity contribution is 5.68. The zero-order valence-electron chi connectivity index (χ0n) is 10.8. The molecule has 21 heavy (non-hydrogen) atoms. The van der Waals surface area contributed by atoms with Gasteiger partial charge in [0.2, 0.25) is 5.82 Å². The Morgan fingerprint density at radius 1 is 1.38 bits per heavy atom. The Hall–Kier alpha value is -2.52. The molecular weight excluding hydrogens is 291 g/mol. The Labute approximate surface area is 116 Å². The molecule has 0 bridgehead atoms. The molecule has 0 radical (unpaired) electrons. The van der Waals surface area contributed by atoms with Crippen molar-refractivity contribution in [2.24, 2.45) is 0 Å². The molecule has 112 valence electrons. The summed E-state index contributed by atoms with van der Waals surface area (Å²) in [5, 5.41) is 11.1. The minimum atomic E-state index is -4.46. The van der Waals surface area contributed by atoms with Gasteiger partial charge in [0.15, 0.2) is 6.54 Å². The maximum atomic E-state index is 12.4. The van der Waals surface area contributed by atoms with Crippen LogP contribution in [-0.2, 0) is 22.3 Å². The molecule has 0 atom stereocenters. The first-order chi connectivity index (χ1) is 9.90. The number of pyridine rings is 1. The SMILES string of the molecule is CCOC(=O)Cn1nnc(-c2ccc(C(F)(F)F)cn2)n1. The molecule has 10 heteroatoms. The molecule has 0 saturated heterocycles. The van der Waals surface area contributed by atoms with Gasteiger partial charge in [0.25, 0.3) is 0 Å². The summed E-state index contributed by atoms with van der Waals surface area (Å²) in [7, 11) is 0. The maximum absolute atomic E-state index is 12.4. The van der Waals surface area contributed by atoms with Crippen LogP contribution in [0.25, 0.3) is 11.5 Å². The van der Waals surface area contributed by atoms with Crippen molar-refractivity contribution < 1.29 is 22.7 Å². The Balaban J connectivity index is 2.12. The van der Waals surface area contributed by atoms with E-state index in [1.165, 1.54) is 0 Å². The lowest BCUT2D eigenvalue weighted by Gasteiger charge is -2.05. The zero-order valence-corrected chi connectivity index (χ0v) is 10.8. The van der Waals surface area contributed by atoms with Gasteiger partial charge in [-0.1, -0.05) is 0 Å². The van der Waals surface area contributed by atoms with Gasteiger partial charge in [0.1, 0.15) is 5.69 Å². The van der Waals surface area contributed by atoms with Crippen LogP contribution in [0.3, 0.4) is 0 Å². The van der Waals surface area contributed by atoms with Crippen LogP contribution < -0.4 is 0 Å². The highest BCUT2D eigenvalue weighted by Crippen LogP contribution is 2.29. The smallest absolute Gasteiger partial charge is 0.417 e. The number of hydrogen-bond donors (Lipinski definition) is 0. The van der Waals surface area contributed by atoms with Crippen LogP contribution >= 0.6 is 0 Å². The van der Waals surface area contributed by atoms with Gasteiger partial charge >= 0.3 is 12.1 Å². The lowest BCUT2D eigenvalue weighted by molar-refractivity contribution is -0.144. The van der Waals surface area contributed by atoms with E-state index >= 15 is 0 Å². The summed E-state index contributed by atoms with van der Waals surface area (Å²) >= 11 is 0. The number of aromatic nitrogens is 5. The van der Waals surface area contributed by atoms with Crippen LogP contribution in [0.1, 0.15) is 12.5 Å². The first-order valence-electron chi connectivity index (χ1n) is 5.87. The first-order valence-corrected chi connectivity index (χ1v) is 5.87. The third kappa shape index (κ3) is 3.74. The van der Waals surface area contributed by atoms with Crippen molar-refractivity contribution in [3.63, 3.8) is 0 Å². The van der Waals surface area contributed by atoms with E-state index in [9.17, 15) is 18.0 Å². The third-order valence-electron chi connectivity index (χ3n) is 2.35. The van der Waals surface area contributed by atoms with E-state index in [1.807, 2.05) is 0 Å². The standard InChI is InChI=1S/C11H10F3N5O2/c1-2-21-9(20)6-19-17-10(16-18-19)8-4-3-7(5-15-8)11(12,13)14/h3-5H,2,6H2,1H3. The van der Waals surface area contributed by atoms with Crippen molar-refractivity contribution in [1.82, 2.24) is 25.2 Å². The molecule has 0 saturated carbocycles. The van der Waals surface area contributed by atoms with Crippen LogP contribution in [0.15, 0.2) is 18.3 Å². The summed E-state index contributed by atoms with van der Waals surface area (Å²) in [5.74, 6) is -0.519. The molecule has 7 nitrogen and oxygen atoms in total. The number of rotatable bonds is 4. The average molecular weight is 301 g/mol. The van der Waals surface area contributed by atoms with Crippen LogP contribution in [0.5, 0.6) is 0 Å². The van der Waals surface area contributed by atoms with E-state index in [0.29, 0.717) is 6.20 Å². The Morgan fingerprint density at radius 3 is 2.71 bits per heavy atom. The lowest BCUT2D eigenvalue weighted by Crippen LogP contribution is -2.15. The Morgan fingerprint density at radius 2 is 2.14 bits per heavy atom. The Bertz CT molecular complexity index is 624. The minimum absolute atomic E-state index is 0.0213. The molecule has 2 rings (SSSR count). The van der Waals surface area contributed by atoms with Crippen molar-refractivity contribution in [3.8, 4) is 11.5 Å². The minimum Gasteiger partial charge on any atom is -0.465 e. The molecule has 0 amide bonds. The van der Waals surface area contributed by atoms with E-state index < -0.39 is 17.7 Å². The first kappa shape index (κ1) is 14.9. The highest BCUT2D eigenvalue weighted by atomic mass is 19.4. The van der Waals surface area contributed by atoms with E-state index in [-0.39, 0.29) is 24.7 Å². The monoisotopic (exact) mass is 301 g/mol. The second-order valence-electron chi connectivity index (χ2n) is 3.88. The van der Waals surface area contributed by atoms with Gasteiger partial charge in [0, 0.05) is 6.20 Å². The summed E-state index contributed by atoms with van der Waals surface area (Å²) < 4.78 is 41.9. The van der Waals surface area contributed by atoms with Crippen LogP contribution in [0.4, 0.5) is 13.2 Å². The van der Waals surface area contributed by atoms with Crippen molar-refractivity contribution >= 4 is 5.97 Å². The predicted octanol–water partition coefficient (Wildman–Crippen LogP) is 1.32. The molecule has 0 unspecified atom stereocenters. The van der Waals surface area contributed by atoms with Crippen molar-refractivity contribution in [3.05, 3.63) is 23.9 Å². The van der Waals surface area contributed by atoms with Crippen LogP contribution in [0.2, 0.25) is 0 Å². The number of nitrogens with zero attached hydrogens (tertiary/aromatic N) is 5. The molecule has 0 aromatic carbocycles. The summed E-state index contributed by atoms with van der Waals surface area (Å²) in [6.45, 7) is 1.65. The summed E-state index contributed by atoms with van der Waals surface area (Å²) in [6.07, 6.45) is -3.78. The number of hydrogen-bond acceptors (Lipinski definition) is 6. The number of carbonyl (C=O) groups is 1. The van der Waals surface area contributed by atoms with E-state index in [4.69, 9.17) is 4.74 Å². The number of halogens is 3. The van der Waals surface area contributed by atoms with Crippen molar-refractivity contribution in [2.75, 3.05) is 6.61 Å². The maximum Gasteiger partial charge on any atom is 0.417 e. The molecule has 0 spiro atoms. The van der Waals surface area contributed by atoms with Gasteiger partial charge < -0.3 is 4.74 Å². The average Bonchev–Trinajstić information content (AvgIpc) is 2.86. The molecule has 2 aromatic rings. The second-order valence-corrected chi connectivity index (χ2v) is 3.88. The fraction of sp³-hybridized carbons (Fsp3) is 0.364. The molecular formula is C11H10F3N5O2. The van der Waals surface area contributed by atoms with E-state index in [1.54, 1.807) is 6.92 Å². The van der Waals surface area contributed by atoms with Gasteiger partial charge in [-0.3, -0.25) is 4.98 Å². The number of tetrazole rings is 1. The molecule has 0 N–H and O–H groups in total. The quantitative estimate of drug-likeness (QED) is 0.792. The summed E-state index contributed by atoms with van der Waals surface area (Å²) in [5.41, 5.74) is -0.747. The predicted molar refractivity (Wildman–Crippen MR) is 62.7 cm³/mol. The number of esters is 1. The zero-order chi connectivity index (χ0) is 15.5. The number of alkyl halides is 3. The van der Waals surface area contributed by atoms with E-state index in [0.717, 1.165) is 16.9 Å². The lowest BCUT2D eigenvalue weighted by atomic mass is 10.2. The molecule has 2 heterocycles. The van der Waals surface area contributed by atoms with Gasteiger partial charge in [0.05, 0.1) is 12.2 Å². The number of carbonyl (C=O) groups excluding carboxylic acids is 1. The number of ether oxygens (including phenoxy) is 1. The van der Waals surface area contributed by atoms with Gasteiger partial charge in [-0.15, -0.1) is 10.2 Å². The highest BCUT2D eigenvalue weighted by Gasteiger charge is 2.30. The molecule has 0 aliphatic carbocycles. The van der Waals surface area contributed by atoms with Gasteiger partial charge in [-0.2, -0.15) is 18.0 Å². The van der Waals surface area contributed by atoms with Gasteiger partial charge in [-0.05, 0) is 24.3 Å². The fourth-order valence-electron chi connectivity index (χ4n) is 1.43. The fourth-order valence-corrected chi connectivity index (χ4v) is 1.43. The summed E-state index contributed by atoms with van der Waals surface area (Å²) in [4.78, 5) is 15.8. The second kappa shape index (κ2) is 5.85. The van der Waals surface area contributed by atoms with Crippen molar-refractivity contribution in [2.45, 2.75) is 19.6 Å².